The number of sulfonamides is 1. The Balaban J connectivity index is 1.34. The van der Waals surface area contributed by atoms with Crippen LogP contribution in [0.25, 0.3) is 0 Å². The van der Waals surface area contributed by atoms with E-state index in [2.05, 4.69) is 26.6 Å². The summed E-state index contributed by atoms with van der Waals surface area (Å²) < 4.78 is 47.1. The lowest BCUT2D eigenvalue weighted by Gasteiger charge is -2.39. The van der Waals surface area contributed by atoms with Gasteiger partial charge in [-0.25, -0.2) is 23.2 Å². The van der Waals surface area contributed by atoms with Crippen molar-refractivity contribution >= 4 is 27.9 Å². The molecule has 3 fully saturated rings. The Morgan fingerprint density at radius 3 is 2.42 bits per heavy atom. The van der Waals surface area contributed by atoms with Gasteiger partial charge in [0.25, 0.3) is 11.8 Å². The van der Waals surface area contributed by atoms with Crippen LogP contribution in [0.3, 0.4) is 0 Å². The minimum absolute atomic E-state index is 0.118. The summed E-state index contributed by atoms with van der Waals surface area (Å²) in [5.74, 6) is -0.971. The van der Waals surface area contributed by atoms with Gasteiger partial charge in [-0.05, 0) is 56.7 Å². The molecule has 7 rings (SSSR count). The third-order valence-corrected chi connectivity index (χ3v) is 12.3. The second kappa shape index (κ2) is 13.7. The van der Waals surface area contributed by atoms with Gasteiger partial charge in [0.05, 0.1) is 17.1 Å². The molecule has 55 heavy (non-hydrogen) atoms. The van der Waals surface area contributed by atoms with Gasteiger partial charge >= 0.3 is 6.09 Å². The van der Waals surface area contributed by atoms with Crippen molar-refractivity contribution in [1.29, 1.82) is 0 Å². The summed E-state index contributed by atoms with van der Waals surface area (Å²) in [6.07, 6.45) is 8.12. The first kappa shape index (κ1) is 37.9. The zero-order valence-corrected chi connectivity index (χ0v) is 32.2. The molecule has 292 valence electrons. The van der Waals surface area contributed by atoms with Gasteiger partial charge in [-0.1, -0.05) is 39.0 Å². The van der Waals surface area contributed by atoms with Crippen LogP contribution in [0.2, 0.25) is 0 Å². The lowest BCUT2D eigenvalue weighted by atomic mass is 9.83. The van der Waals surface area contributed by atoms with E-state index in [1.54, 1.807) is 47.5 Å². The maximum Gasteiger partial charge on any atom is 0.409 e. The molecule has 1 aromatic heterocycles. The third kappa shape index (κ3) is 7.03. The van der Waals surface area contributed by atoms with Crippen LogP contribution in [0.5, 0.6) is 11.6 Å². The first-order valence-corrected chi connectivity index (χ1v) is 19.9. The number of hydrogen-bond donors (Lipinski definition) is 3. The number of aromatic nitrogens is 2. The van der Waals surface area contributed by atoms with E-state index in [1.807, 2.05) is 40.7 Å². The Hall–Kier alpha value is -5.38. The van der Waals surface area contributed by atoms with Gasteiger partial charge in [-0.2, -0.15) is 0 Å². The van der Waals surface area contributed by atoms with Crippen molar-refractivity contribution in [2.45, 2.75) is 95.1 Å². The molecule has 2 saturated carbocycles. The molecule has 3 amide bonds. The largest absolute Gasteiger partial charge is 0.491 e. The number of fused-ring (bicyclic) bond motifs is 1. The Morgan fingerprint density at radius 1 is 1.11 bits per heavy atom. The van der Waals surface area contributed by atoms with Crippen LogP contribution < -0.4 is 19.5 Å². The van der Waals surface area contributed by atoms with Crippen molar-refractivity contribution in [2.24, 2.45) is 11.3 Å². The van der Waals surface area contributed by atoms with E-state index in [9.17, 15) is 23.1 Å². The second-order valence-corrected chi connectivity index (χ2v) is 17.8. The van der Waals surface area contributed by atoms with Gasteiger partial charge in [0.15, 0.2) is 0 Å². The summed E-state index contributed by atoms with van der Waals surface area (Å²) in [6, 6.07) is 8.41. The Morgan fingerprint density at radius 2 is 1.84 bits per heavy atom. The summed E-state index contributed by atoms with van der Waals surface area (Å²) in [5.41, 5.74) is -2.52. The Kier molecular flexibility index (Phi) is 9.46. The van der Waals surface area contributed by atoms with Gasteiger partial charge < -0.3 is 29.5 Å². The van der Waals surface area contributed by atoms with Crippen LogP contribution in [-0.2, 0) is 30.0 Å². The molecule has 4 unspecified atom stereocenters. The van der Waals surface area contributed by atoms with Gasteiger partial charge in [-0.15, -0.1) is 6.58 Å². The highest BCUT2D eigenvalue weighted by Gasteiger charge is 2.64. The van der Waals surface area contributed by atoms with E-state index in [0.717, 1.165) is 5.57 Å². The molecule has 0 radical (unpaired) electrons. The fourth-order valence-corrected chi connectivity index (χ4v) is 8.74. The van der Waals surface area contributed by atoms with Crippen LogP contribution in [0.15, 0.2) is 90.9 Å². The monoisotopic (exact) mass is 774 g/mol. The quantitative estimate of drug-likeness (QED) is 0.260. The number of amides is 3. The average molecular weight is 775 g/mol. The number of hydrogen-bond acceptors (Lipinski definition) is 11. The zero-order valence-electron chi connectivity index (χ0n) is 31.4. The minimum atomic E-state index is -3.93. The maximum absolute atomic E-state index is 15.1. The van der Waals surface area contributed by atoms with E-state index in [1.165, 1.54) is 23.5 Å². The van der Waals surface area contributed by atoms with Crippen LogP contribution in [0.4, 0.5) is 4.79 Å². The van der Waals surface area contributed by atoms with E-state index in [0.29, 0.717) is 42.0 Å². The van der Waals surface area contributed by atoms with Gasteiger partial charge in [0.1, 0.15) is 35.6 Å². The normalized spacial score (nSPS) is 27.2. The van der Waals surface area contributed by atoms with E-state index >= 15 is 4.79 Å². The number of ether oxygens (including phenoxy) is 3. The lowest BCUT2D eigenvalue weighted by Crippen LogP contribution is -2.56. The molecule has 0 spiro atoms. The molecule has 5 atom stereocenters. The second-order valence-electron chi connectivity index (χ2n) is 15.8. The predicted octanol–water partition coefficient (Wildman–Crippen LogP) is 4.33. The van der Waals surface area contributed by atoms with E-state index in [4.69, 9.17) is 14.2 Å². The fraction of sp³-hybridized carbons (Fsp3) is 0.462. The Bertz CT molecular complexity index is 2090. The van der Waals surface area contributed by atoms with Crippen LogP contribution in [0.1, 0.15) is 65.9 Å². The molecule has 1 saturated heterocycles. The summed E-state index contributed by atoms with van der Waals surface area (Å²) in [5, 5.41) is 12.6. The number of rotatable bonds is 12. The van der Waals surface area contributed by atoms with Crippen molar-refractivity contribution in [3.63, 3.8) is 0 Å². The standard InChI is InChI=1S/C39H46N6O9S/c1-7-24-20-38(24,34(46)43-55(50,51)27-12-13-27)42-35(47)39(25-8-10-26(11-9-25)52-23(2)3)21-29-32(54-39)28(37(4,5)6)15-18-44(29)33-30(16-19-45(33)36(48)49)53-31-14-17-40-22-41-31/h7-11,14-15,17-18,21-24,27,30,33H,1,12-13,16,19-20H2,2-6H3,(H,42,47)(H,43,46)(H,48,49)/t24-,30?,33?,38?,39?/m1/s1. The number of likely N-dealkylation sites (tertiary alicyclic amines) is 1. The summed E-state index contributed by atoms with van der Waals surface area (Å²) >= 11 is 0. The van der Waals surface area contributed by atoms with Crippen molar-refractivity contribution in [3.05, 3.63) is 96.5 Å². The molecular formula is C39H46N6O9S. The number of carboxylic acid groups (broad SMARTS) is 1. The highest BCUT2D eigenvalue weighted by atomic mass is 32.2. The smallest absolute Gasteiger partial charge is 0.409 e. The molecule has 16 heteroatoms. The maximum atomic E-state index is 15.1. The zero-order chi connectivity index (χ0) is 39.5. The van der Waals surface area contributed by atoms with Crippen molar-refractivity contribution in [1.82, 2.24) is 29.8 Å². The first-order chi connectivity index (χ1) is 26.0. The molecular weight excluding hydrogens is 729 g/mol. The number of nitrogens with zero attached hydrogens (tertiary/aromatic N) is 4. The summed E-state index contributed by atoms with van der Waals surface area (Å²) in [6.45, 7) is 13.8. The topological polar surface area (TPSA) is 190 Å². The highest BCUT2D eigenvalue weighted by molar-refractivity contribution is 7.91. The molecule has 1 aromatic carbocycles. The molecule has 5 aliphatic rings. The minimum Gasteiger partial charge on any atom is -0.491 e. The number of allylic oxidation sites excluding steroid dienone is 2. The average Bonchev–Trinajstić information content (AvgIpc) is 4.02. The van der Waals surface area contributed by atoms with Crippen LogP contribution in [0, 0.1) is 11.3 Å². The molecule has 0 bridgehead atoms. The fourth-order valence-electron chi connectivity index (χ4n) is 7.38. The molecule has 2 aromatic rings. The van der Waals surface area contributed by atoms with E-state index in [-0.39, 0.29) is 24.9 Å². The highest BCUT2D eigenvalue weighted by Crippen LogP contribution is 2.51. The van der Waals surface area contributed by atoms with Gasteiger partial charge in [0, 0.05) is 54.6 Å². The Labute approximate surface area is 320 Å². The molecule has 15 nitrogen and oxygen atoms in total. The molecule has 3 N–H and O–H groups in total. The van der Waals surface area contributed by atoms with E-state index < -0.39 is 67.9 Å². The number of carbonyl (C=O) groups excluding carboxylic acids is 2. The molecule has 4 heterocycles. The van der Waals surface area contributed by atoms with Crippen molar-refractivity contribution in [3.8, 4) is 11.6 Å². The predicted molar refractivity (Wildman–Crippen MR) is 199 cm³/mol. The van der Waals surface area contributed by atoms with Gasteiger partial charge in [0.2, 0.25) is 21.5 Å². The van der Waals surface area contributed by atoms with Crippen molar-refractivity contribution in [2.75, 3.05) is 6.54 Å². The first-order valence-electron chi connectivity index (χ1n) is 18.3. The lowest BCUT2D eigenvalue weighted by molar-refractivity contribution is -0.140. The van der Waals surface area contributed by atoms with Crippen molar-refractivity contribution < 1.29 is 42.1 Å². The number of nitrogens with one attached hydrogen (secondary N) is 2. The summed E-state index contributed by atoms with van der Waals surface area (Å²) in [7, 11) is -3.93. The number of carbonyl (C=O) groups is 3. The SMILES string of the molecule is C=C[C@@H]1CC1(NC(=O)C1(c2ccc(OC(C)C)cc2)C=C2C(=C(C(C)(C)C)C=CN2C2C(Oc3ccncn3)CCN2C(=O)O)O1)C(=O)NS(=O)(=O)C1CC1. The van der Waals surface area contributed by atoms with Crippen LogP contribution in [-0.4, -0.2) is 86.9 Å². The number of benzene rings is 1. The van der Waals surface area contributed by atoms with Gasteiger partial charge in [-0.3, -0.25) is 19.2 Å². The van der Waals surface area contributed by atoms with Crippen LogP contribution >= 0.6 is 0 Å². The molecule has 3 aliphatic heterocycles. The summed E-state index contributed by atoms with van der Waals surface area (Å²) in [4.78, 5) is 52.8. The third-order valence-electron chi connectivity index (χ3n) is 10.5. The molecule has 2 aliphatic carbocycles.